The van der Waals surface area contributed by atoms with Crippen LogP contribution < -0.4 is 10.6 Å². The third-order valence-electron chi connectivity index (χ3n) is 3.83. The van der Waals surface area contributed by atoms with Crippen LogP contribution in [0, 0.1) is 0 Å². The maximum Gasteiger partial charge on any atom is 0.259 e. The molecule has 7 nitrogen and oxygen atoms in total. The van der Waals surface area contributed by atoms with E-state index in [0.717, 1.165) is 5.56 Å². The van der Waals surface area contributed by atoms with Gasteiger partial charge in [0.15, 0.2) is 0 Å². The molecule has 3 amide bonds. The Labute approximate surface area is 144 Å². The highest BCUT2D eigenvalue weighted by Gasteiger charge is 2.31. The molecule has 0 fully saturated rings. The van der Waals surface area contributed by atoms with E-state index in [-0.39, 0.29) is 31.4 Å². The van der Waals surface area contributed by atoms with E-state index in [9.17, 15) is 14.4 Å². The Bertz CT molecular complexity index is 792. The molecule has 0 bridgehead atoms. The van der Waals surface area contributed by atoms with Crippen molar-refractivity contribution in [2.24, 2.45) is 0 Å². The number of furan rings is 1. The van der Waals surface area contributed by atoms with Gasteiger partial charge in [-0.3, -0.25) is 19.3 Å². The van der Waals surface area contributed by atoms with Crippen molar-refractivity contribution in [3.05, 3.63) is 66.1 Å². The summed E-state index contributed by atoms with van der Waals surface area (Å²) < 4.78 is 5.10. The molecule has 0 unspecified atom stereocenters. The standard InChI is InChI=1S/C18H17N3O4/c1-12-14-6-2-3-7-15(14)18(24)21(12)11-17(23)20-10-16(22)19-9-13-5-4-8-25-13/h2-8H,1,9-11H2,(H,19,22)(H,20,23). The van der Waals surface area contributed by atoms with Gasteiger partial charge in [-0.05, 0) is 18.2 Å². The van der Waals surface area contributed by atoms with Crippen LogP contribution in [-0.4, -0.2) is 35.7 Å². The monoisotopic (exact) mass is 339 g/mol. The number of benzene rings is 1. The van der Waals surface area contributed by atoms with Crippen molar-refractivity contribution < 1.29 is 18.8 Å². The zero-order valence-corrected chi connectivity index (χ0v) is 13.5. The molecule has 2 N–H and O–H groups in total. The van der Waals surface area contributed by atoms with Gasteiger partial charge in [0.2, 0.25) is 11.8 Å². The summed E-state index contributed by atoms with van der Waals surface area (Å²) in [7, 11) is 0. The molecule has 7 heteroatoms. The smallest absolute Gasteiger partial charge is 0.259 e. The molecule has 1 aromatic carbocycles. The predicted octanol–water partition coefficient (Wildman–Crippen LogP) is 1.14. The lowest BCUT2D eigenvalue weighted by Crippen LogP contribution is -2.41. The highest BCUT2D eigenvalue weighted by Crippen LogP contribution is 2.30. The van der Waals surface area contributed by atoms with E-state index in [1.54, 1.807) is 30.3 Å². The minimum Gasteiger partial charge on any atom is -0.467 e. The van der Waals surface area contributed by atoms with Gasteiger partial charge in [-0.25, -0.2) is 0 Å². The average Bonchev–Trinajstić information content (AvgIpc) is 3.22. The second-order valence-electron chi connectivity index (χ2n) is 5.52. The van der Waals surface area contributed by atoms with Crippen LogP contribution in [0.25, 0.3) is 5.70 Å². The minimum absolute atomic E-state index is 0.180. The highest BCUT2D eigenvalue weighted by molar-refractivity contribution is 6.10. The van der Waals surface area contributed by atoms with Crippen molar-refractivity contribution in [2.75, 3.05) is 13.1 Å². The molecule has 2 aromatic rings. The molecule has 3 rings (SSSR count). The number of rotatable bonds is 6. The molecular weight excluding hydrogens is 322 g/mol. The summed E-state index contributed by atoms with van der Waals surface area (Å²) in [6, 6.07) is 10.5. The summed E-state index contributed by atoms with van der Waals surface area (Å²) in [4.78, 5) is 37.4. The molecular formula is C18H17N3O4. The zero-order valence-electron chi connectivity index (χ0n) is 13.5. The number of hydrogen-bond acceptors (Lipinski definition) is 4. The molecule has 1 aliphatic rings. The maximum absolute atomic E-state index is 12.3. The highest BCUT2D eigenvalue weighted by atomic mass is 16.3. The molecule has 0 saturated heterocycles. The lowest BCUT2D eigenvalue weighted by molar-refractivity contribution is -0.126. The summed E-state index contributed by atoms with van der Waals surface area (Å²) in [6.07, 6.45) is 1.52. The zero-order chi connectivity index (χ0) is 17.8. The Morgan fingerprint density at radius 3 is 2.48 bits per heavy atom. The van der Waals surface area contributed by atoms with Gasteiger partial charge in [0.25, 0.3) is 5.91 Å². The Morgan fingerprint density at radius 2 is 1.80 bits per heavy atom. The van der Waals surface area contributed by atoms with E-state index in [0.29, 0.717) is 17.0 Å². The number of nitrogens with one attached hydrogen (secondary N) is 2. The second kappa shape index (κ2) is 7.04. The summed E-state index contributed by atoms with van der Waals surface area (Å²) >= 11 is 0. The number of carbonyl (C=O) groups is 3. The van der Waals surface area contributed by atoms with Gasteiger partial charge in [0.1, 0.15) is 12.3 Å². The fourth-order valence-corrected chi connectivity index (χ4v) is 2.54. The van der Waals surface area contributed by atoms with Crippen LogP contribution in [0.1, 0.15) is 21.7 Å². The topological polar surface area (TPSA) is 91.7 Å². The van der Waals surface area contributed by atoms with E-state index >= 15 is 0 Å². The van der Waals surface area contributed by atoms with Gasteiger partial charge in [-0.1, -0.05) is 24.8 Å². The number of fused-ring (bicyclic) bond motifs is 1. The van der Waals surface area contributed by atoms with Gasteiger partial charge >= 0.3 is 0 Å². The molecule has 0 aliphatic carbocycles. The van der Waals surface area contributed by atoms with E-state index in [1.165, 1.54) is 11.2 Å². The molecule has 1 aliphatic heterocycles. The predicted molar refractivity (Wildman–Crippen MR) is 90.1 cm³/mol. The SMILES string of the molecule is C=C1c2ccccc2C(=O)N1CC(=O)NCC(=O)NCc1ccco1. The molecule has 2 heterocycles. The first kappa shape index (κ1) is 16.5. The van der Waals surface area contributed by atoms with E-state index in [1.807, 2.05) is 6.07 Å². The average molecular weight is 339 g/mol. The number of amides is 3. The second-order valence-corrected chi connectivity index (χ2v) is 5.52. The summed E-state index contributed by atoms with van der Waals surface area (Å²) in [6.45, 7) is 3.76. The lowest BCUT2D eigenvalue weighted by Gasteiger charge is -2.16. The van der Waals surface area contributed by atoms with Crippen LogP contribution >= 0.6 is 0 Å². The van der Waals surface area contributed by atoms with Crippen molar-refractivity contribution in [1.82, 2.24) is 15.5 Å². The Hall–Kier alpha value is -3.35. The van der Waals surface area contributed by atoms with Crippen LogP contribution in [0.15, 0.2) is 53.7 Å². The Morgan fingerprint density at radius 1 is 1.04 bits per heavy atom. The number of hydrogen-bond donors (Lipinski definition) is 2. The van der Waals surface area contributed by atoms with Gasteiger partial charge in [0.05, 0.1) is 19.4 Å². The summed E-state index contributed by atoms with van der Waals surface area (Å²) in [5.74, 6) is -0.426. The molecule has 0 atom stereocenters. The van der Waals surface area contributed by atoms with Crippen LogP contribution in [0.2, 0.25) is 0 Å². The van der Waals surface area contributed by atoms with E-state index in [4.69, 9.17) is 4.42 Å². The quantitative estimate of drug-likeness (QED) is 0.825. The molecule has 0 saturated carbocycles. The molecule has 0 radical (unpaired) electrons. The Balaban J connectivity index is 1.48. The van der Waals surface area contributed by atoms with E-state index in [2.05, 4.69) is 17.2 Å². The molecule has 128 valence electrons. The lowest BCUT2D eigenvalue weighted by atomic mass is 10.1. The third-order valence-corrected chi connectivity index (χ3v) is 3.83. The van der Waals surface area contributed by atoms with Gasteiger partial charge in [-0.2, -0.15) is 0 Å². The molecule has 25 heavy (non-hydrogen) atoms. The van der Waals surface area contributed by atoms with Crippen molar-refractivity contribution in [3.8, 4) is 0 Å². The van der Waals surface area contributed by atoms with Gasteiger partial charge in [0, 0.05) is 16.8 Å². The van der Waals surface area contributed by atoms with Crippen LogP contribution in [0.4, 0.5) is 0 Å². The normalized spacial score (nSPS) is 12.9. The van der Waals surface area contributed by atoms with Gasteiger partial charge in [-0.15, -0.1) is 0 Å². The van der Waals surface area contributed by atoms with Crippen molar-refractivity contribution in [1.29, 1.82) is 0 Å². The van der Waals surface area contributed by atoms with Crippen molar-refractivity contribution in [3.63, 3.8) is 0 Å². The number of nitrogens with zero attached hydrogens (tertiary/aromatic N) is 1. The molecule has 1 aromatic heterocycles. The first-order valence-corrected chi connectivity index (χ1v) is 7.72. The fourth-order valence-electron chi connectivity index (χ4n) is 2.54. The summed E-state index contributed by atoms with van der Waals surface area (Å²) in [5, 5.41) is 5.11. The van der Waals surface area contributed by atoms with Crippen LogP contribution in [0.5, 0.6) is 0 Å². The van der Waals surface area contributed by atoms with Crippen molar-refractivity contribution in [2.45, 2.75) is 6.54 Å². The van der Waals surface area contributed by atoms with Crippen LogP contribution in [-0.2, 0) is 16.1 Å². The van der Waals surface area contributed by atoms with Crippen LogP contribution in [0.3, 0.4) is 0 Å². The summed E-state index contributed by atoms with van der Waals surface area (Å²) in [5.41, 5.74) is 1.73. The van der Waals surface area contributed by atoms with Crippen molar-refractivity contribution >= 4 is 23.4 Å². The molecule has 0 spiro atoms. The largest absolute Gasteiger partial charge is 0.467 e. The Kier molecular flexibility index (Phi) is 4.65. The third kappa shape index (κ3) is 3.60. The minimum atomic E-state index is -0.435. The van der Waals surface area contributed by atoms with E-state index < -0.39 is 5.91 Å². The fraction of sp³-hybridized carbons (Fsp3) is 0.167. The number of carbonyl (C=O) groups excluding carboxylic acids is 3. The first-order chi connectivity index (χ1) is 12.1. The van der Waals surface area contributed by atoms with Gasteiger partial charge < -0.3 is 15.1 Å². The first-order valence-electron chi connectivity index (χ1n) is 7.72. The maximum atomic E-state index is 12.3.